The number of aromatic nitrogens is 2. The molecule has 2 heterocycles. The first-order valence-electron chi connectivity index (χ1n) is 12.6. The molecule has 0 unspecified atom stereocenters. The van der Waals surface area contributed by atoms with Crippen molar-refractivity contribution < 1.29 is 0 Å². The zero-order valence-corrected chi connectivity index (χ0v) is 21.6. The van der Waals surface area contributed by atoms with Crippen LogP contribution in [0.3, 0.4) is 0 Å². The lowest BCUT2D eigenvalue weighted by atomic mass is 9.92. The fourth-order valence-electron chi connectivity index (χ4n) is 4.20. The second-order valence-corrected chi connectivity index (χ2v) is 8.77. The maximum absolute atomic E-state index is 6.03. The molecule has 0 saturated heterocycles. The predicted molar refractivity (Wildman–Crippen MR) is 162 cm³/mol. The molecule has 0 aliphatic carbocycles. The van der Waals surface area contributed by atoms with Crippen LogP contribution in [-0.2, 0) is 13.1 Å². The van der Waals surface area contributed by atoms with E-state index < -0.39 is 0 Å². The van der Waals surface area contributed by atoms with Crippen molar-refractivity contribution in [3.63, 3.8) is 0 Å². The number of nitrogens with zero attached hydrogens (tertiary/aromatic N) is 6. The van der Waals surface area contributed by atoms with Gasteiger partial charge in [0.15, 0.2) is 0 Å². The summed E-state index contributed by atoms with van der Waals surface area (Å²) in [5, 5.41) is 12.8. The Morgan fingerprint density at radius 2 is 0.925 bits per heavy atom. The maximum Gasteiger partial charge on any atom is 0.209 e. The summed E-state index contributed by atoms with van der Waals surface area (Å²) in [4.78, 5) is 16.7. The zero-order valence-electron chi connectivity index (χ0n) is 21.6. The summed E-state index contributed by atoms with van der Waals surface area (Å²) < 4.78 is 0. The van der Waals surface area contributed by atoms with E-state index in [4.69, 9.17) is 11.5 Å². The first-order valence-corrected chi connectivity index (χ1v) is 12.6. The second kappa shape index (κ2) is 12.7. The molecule has 0 saturated carbocycles. The number of nitrogens with two attached hydrogens (primary N) is 2. The van der Waals surface area contributed by atoms with Crippen molar-refractivity contribution in [2.45, 2.75) is 13.1 Å². The molecule has 0 amide bonds. The number of hydrogen-bond donors (Lipinski definition) is 4. The molecular weight excluding hydrogens is 500 g/mol. The van der Waals surface area contributed by atoms with Crippen LogP contribution in [0.15, 0.2) is 118 Å². The van der Waals surface area contributed by atoms with Crippen LogP contribution in [0.5, 0.6) is 0 Å². The van der Waals surface area contributed by atoms with Crippen LogP contribution in [0.4, 0.5) is 0 Å². The van der Waals surface area contributed by atoms with E-state index in [1.54, 1.807) is 37.2 Å². The van der Waals surface area contributed by atoms with Gasteiger partial charge in [0.2, 0.25) is 11.9 Å². The Hall–Kier alpha value is -5.64. The standard InChI is InChI=1S/C30H28N10/c31-29(35-17-21-9-13-33-14-10-21)39-37-19-27-23-5-1-2-6-24(23)28(26-8-4-3-7-25(26)27)20-38-40-30(32)36-18-22-11-15-34-16-12-22/h1-16,19-20H,17-18H2,(H3,31,35,39)(H3,32,36,40). The van der Waals surface area contributed by atoms with Gasteiger partial charge in [0, 0.05) is 35.9 Å². The molecule has 0 radical (unpaired) electrons. The molecule has 2 aromatic heterocycles. The molecule has 0 bridgehead atoms. The summed E-state index contributed by atoms with van der Waals surface area (Å²) in [5.74, 6) is 0.444. The summed E-state index contributed by atoms with van der Waals surface area (Å²) in [6.45, 7) is 0.869. The topological polar surface area (TPSA) is 151 Å². The van der Waals surface area contributed by atoms with Gasteiger partial charge in [-0.1, -0.05) is 48.5 Å². The number of hydrazone groups is 2. The normalized spacial score (nSPS) is 12.5. The van der Waals surface area contributed by atoms with Gasteiger partial charge in [-0.25, -0.2) is 20.8 Å². The number of hydrogen-bond acceptors (Lipinski definition) is 6. The summed E-state index contributed by atoms with van der Waals surface area (Å²) in [6.07, 6.45) is 10.4. The average molecular weight is 529 g/mol. The Bertz CT molecular complexity index is 1530. The number of aliphatic imine (C=N–C) groups is 2. The quantitative estimate of drug-likeness (QED) is 0.104. The third kappa shape index (κ3) is 6.43. The van der Waals surface area contributed by atoms with E-state index in [0.29, 0.717) is 13.1 Å². The fraction of sp³-hybridized carbons (Fsp3) is 0.0667. The van der Waals surface area contributed by atoms with E-state index in [-0.39, 0.29) is 11.9 Å². The van der Waals surface area contributed by atoms with Gasteiger partial charge in [-0.05, 0) is 56.9 Å². The lowest BCUT2D eigenvalue weighted by Crippen LogP contribution is -2.27. The minimum Gasteiger partial charge on any atom is -0.369 e. The number of benzene rings is 3. The largest absolute Gasteiger partial charge is 0.369 e. The lowest BCUT2D eigenvalue weighted by Gasteiger charge is -2.12. The van der Waals surface area contributed by atoms with Crippen molar-refractivity contribution in [1.82, 2.24) is 20.8 Å². The molecular formula is C30H28N10. The van der Waals surface area contributed by atoms with Gasteiger partial charge in [0.1, 0.15) is 0 Å². The van der Waals surface area contributed by atoms with Crippen LogP contribution in [0.25, 0.3) is 21.5 Å². The smallest absolute Gasteiger partial charge is 0.209 e. The lowest BCUT2D eigenvalue weighted by molar-refractivity contribution is 0.961. The molecule has 0 aliphatic heterocycles. The van der Waals surface area contributed by atoms with Crippen LogP contribution in [-0.4, -0.2) is 34.3 Å². The van der Waals surface area contributed by atoms with Crippen molar-refractivity contribution in [3.05, 3.63) is 120 Å². The maximum atomic E-state index is 6.03. The molecule has 5 rings (SSSR count). The van der Waals surface area contributed by atoms with Crippen LogP contribution >= 0.6 is 0 Å². The molecule has 0 spiro atoms. The van der Waals surface area contributed by atoms with E-state index >= 15 is 0 Å². The molecule has 40 heavy (non-hydrogen) atoms. The Morgan fingerprint density at radius 3 is 1.27 bits per heavy atom. The van der Waals surface area contributed by atoms with Crippen LogP contribution in [0, 0.1) is 0 Å². The minimum atomic E-state index is 0.222. The highest BCUT2D eigenvalue weighted by molar-refractivity contribution is 6.21. The SMILES string of the molecule is NC(=NCc1ccncc1)NN=Cc1c2ccccc2c(C=NNC(N)=NCc2ccncc2)c2ccccc12. The summed E-state index contributed by atoms with van der Waals surface area (Å²) in [7, 11) is 0. The number of fused-ring (bicyclic) bond motifs is 2. The van der Waals surface area contributed by atoms with Gasteiger partial charge < -0.3 is 11.5 Å². The zero-order chi connectivity index (χ0) is 27.6. The highest BCUT2D eigenvalue weighted by atomic mass is 15.4. The molecule has 0 fully saturated rings. The van der Waals surface area contributed by atoms with Crippen molar-refractivity contribution in [2.75, 3.05) is 0 Å². The number of guanidine groups is 2. The molecule has 0 aliphatic rings. The average Bonchev–Trinajstić information content (AvgIpc) is 3.01. The molecule has 3 aromatic carbocycles. The van der Waals surface area contributed by atoms with Crippen LogP contribution in [0.2, 0.25) is 0 Å². The van der Waals surface area contributed by atoms with Crippen molar-refractivity contribution in [3.8, 4) is 0 Å². The fourth-order valence-corrected chi connectivity index (χ4v) is 4.20. The Morgan fingerprint density at radius 1 is 0.575 bits per heavy atom. The molecule has 10 heteroatoms. The summed E-state index contributed by atoms with van der Waals surface area (Å²) >= 11 is 0. The molecule has 198 valence electrons. The predicted octanol–water partition coefficient (Wildman–Crippen LogP) is 3.66. The Balaban J connectivity index is 1.39. The molecule has 6 N–H and O–H groups in total. The monoisotopic (exact) mass is 528 g/mol. The number of nitrogens with one attached hydrogen (secondary N) is 2. The first-order chi connectivity index (χ1) is 19.7. The third-order valence-corrected chi connectivity index (χ3v) is 6.12. The highest BCUT2D eigenvalue weighted by Crippen LogP contribution is 2.31. The van der Waals surface area contributed by atoms with Gasteiger partial charge in [-0.3, -0.25) is 9.97 Å². The van der Waals surface area contributed by atoms with Gasteiger partial charge in [-0.15, -0.1) is 0 Å². The van der Waals surface area contributed by atoms with Crippen molar-refractivity contribution in [2.24, 2.45) is 31.7 Å². The third-order valence-electron chi connectivity index (χ3n) is 6.12. The summed E-state index contributed by atoms with van der Waals surface area (Å²) in [5.41, 5.74) is 21.6. The van der Waals surface area contributed by atoms with Gasteiger partial charge >= 0.3 is 0 Å². The second-order valence-electron chi connectivity index (χ2n) is 8.77. The summed E-state index contributed by atoms with van der Waals surface area (Å²) in [6, 6.07) is 23.8. The van der Waals surface area contributed by atoms with E-state index in [9.17, 15) is 0 Å². The molecule has 5 aromatic rings. The van der Waals surface area contributed by atoms with Gasteiger partial charge in [0.05, 0.1) is 25.5 Å². The van der Waals surface area contributed by atoms with Gasteiger partial charge in [0.25, 0.3) is 0 Å². The van der Waals surface area contributed by atoms with Crippen molar-refractivity contribution in [1.29, 1.82) is 0 Å². The molecule has 10 nitrogen and oxygen atoms in total. The first kappa shape index (κ1) is 26.0. The van der Waals surface area contributed by atoms with E-state index in [1.807, 2.05) is 48.5 Å². The Labute approximate surface area is 231 Å². The number of rotatable bonds is 8. The van der Waals surface area contributed by atoms with Crippen molar-refractivity contribution >= 4 is 45.9 Å². The van der Waals surface area contributed by atoms with Gasteiger partial charge in [-0.2, -0.15) is 10.2 Å². The van der Waals surface area contributed by atoms with E-state index in [2.05, 4.69) is 65.3 Å². The number of pyridine rings is 2. The molecule has 0 atom stereocenters. The highest BCUT2D eigenvalue weighted by Gasteiger charge is 2.11. The van der Waals surface area contributed by atoms with E-state index in [0.717, 1.165) is 43.8 Å². The van der Waals surface area contributed by atoms with Crippen LogP contribution in [0.1, 0.15) is 22.3 Å². The van der Waals surface area contributed by atoms with E-state index in [1.165, 1.54) is 0 Å². The minimum absolute atomic E-state index is 0.222. The Kier molecular flexibility index (Phi) is 8.28. The van der Waals surface area contributed by atoms with Crippen LogP contribution < -0.4 is 22.3 Å².